The molecule has 0 radical (unpaired) electrons. The van der Waals surface area contributed by atoms with Gasteiger partial charge in [-0.3, -0.25) is 19.8 Å². The first-order valence-corrected chi connectivity index (χ1v) is 12.0. The normalized spacial score (nSPS) is 17.0. The zero-order valence-electron chi connectivity index (χ0n) is 20.6. The molecule has 3 aliphatic rings. The average Bonchev–Trinajstić information content (AvgIpc) is 2.90. The summed E-state index contributed by atoms with van der Waals surface area (Å²) in [5.41, 5.74) is 9.32. The second-order valence-corrected chi connectivity index (χ2v) is 8.58. The van der Waals surface area contributed by atoms with Crippen LogP contribution in [0.15, 0.2) is 52.8 Å². The monoisotopic (exact) mass is 473 g/mol. The molecular weight excluding hydrogens is 438 g/mol. The van der Waals surface area contributed by atoms with Crippen molar-refractivity contribution in [1.82, 2.24) is 9.99 Å². The number of ether oxygens (including phenoxy) is 1. The van der Waals surface area contributed by atoms with E-state index in [1.165, 1.54) is 27.9 Å². The maximum absolute atomic E-state index is 10.5. The molecule has 0 amide bonds. The van der Waals surface area contributed by atoms with E-state index >= 15 is 0 Å². The Morgan fingerprint density at radius 3 is 2.54 bits per heavy atom. The lowest BCUT2D eigenvalue weighted by molar-refractivity contribution is 0.0872. The minimum atomic E-state index is 0.420. The first kappa shape index (κ1) is 26.0. The molecule has 1 fully saturated rings. The highest BCUT2D eigenvalue weighted by atomic mass is 16.5. The average molecular weight is 474 g/mol. The van der Waals surface area contributed by atoms with Gasteiger partial charge in [0.1, 0.15) is 6.29 Å². The van der Waals surface area contributed by atoms with Crippen molar-refractivity contribution in [1.29, 1.82) is 0 Å². The summed E-state index contributed by atoms with van der Waals surface area (Å²) in [7, 11) is 1.92. The molecule has 7 nitrogen and oxygen atoms in total. The number of carbonyl (C=O) groups is 1. The van der Waals surface area contributed by atoms with Gasteiger partial charge in [-0.05, 0) is 60.7 Å². The predicted molar refractivity (Wildman–Crippen MR) is 144 cm³/mol. The minimum Gasteiger partial charge on any atom is -0.390 e. The molecule has 3 heterocycles. The first-order chi connectivity index (χ1) is 17.1. The first-order valence-electron chi connectivity index (χ1n) is 12.0. The van der Waals surface area contributed by atoms with Crippen molar-refractivity contribution in [3.05, 3.63) is 70.0 Å². The summed E-state index contributed by atoms with van der Waals surface area (Å²) in [5.74, 6) is 0. The van der Waals surface area contributed by atoms with Crippen LogP contribution in [-0.2, 0) is 4.74 Å². The van der Waals surface area contributed by atoms with E-state index in [-0.39, 0.29) is 0 Å². The Bertz CT molecular complexity index is 1160. The number of allylic oxidation sites excluding steroid dienone is 1. The van der Waals surface area contributed by atoms with Crippen LogP contribution in [-0.4, -0.2) is 55.1 Å². The topological polar surface area (TPSA) is 93.2 Å². The largest absolute Gasteiger partial charge is 0.390 e. The zero-order chi connectivity index (χ0) is 24.9. The van der Waals surface area contributed by atoms with E-state index in [9.17, 15) is 4.79 Å². The van der Waals surface area contributed by atoms with Crippen molar-refractivity contribution in [3.8, 4) is 0 Å². The SMILES string of the molecule is Cc1ccc(C2=CN(C)N=CC2)nc1.NC=NC1CCOCC1.O=Cc1ccc2c(c1)=CCCC=2. The van der Waals surface area contributed by atoms with Crippen LogP contribution in [0.1, 0.15) is 53.7 Å². The number of aryl methyl sites for hydroxylation is 1. The van der Waals surface area contributed by atoms with Crippen molar-refractivity contribution in [3.63, 3.8) is 0 Å². The number of rotatable bonds is 3. The molecule has 2 aliphatic heterocycles. The number of hydrogen-bond donors (Lipinski definition) is 1. The molecule has 1 aromatic carbocycles. The Kier molecular flexibility index (Phi) is 10.4. The highest BCUT2D eigenvalue weighted by molar-refractivity contribution is 5.79. The van der Waals surface area contributed by atoms with Crippen LogP contribution in [0.2, 0.25) is 0 Å². The molecule has 1 aromatic heterocycles. The number of aromatic nitrogens is 1. The number of hydrazone groups is 1. The Morgan fingerprint density at radius 1 is 1.11 bits per heavy atom. The molecule has 2 aromatic rings. The molecule has 0 unspecified atom stereocenters. The van der Waals surface area contributed by atoms with Crippen LogP contribution < -0.4 is 16.2 Å². The molecule has 5 rings (SSSR count). The van der Waals surface area contributed by atoms with E-state index < -0.39 is 0 Å². The molecule has 184 valence electrons. The number of carbonyl (C=O) groups excluding carboxylic acids is 1. The Labute approximate surface area is 207 Å². The zero-order valence-corrected chi connectivity index (χ0v) is 20.6. The molecule has 7 heteroatoms. The van der Waals surface area contributed by atoms with E-state index in [4.69, 9.17) is 10.5 Å². The third-order valence-electron chi connectivity index (χ3n) is 5.79. The summed E-state index contributed by atoms with van der Waals surface area (Å²) in [4.78, 5) is 18.9. The van der Waals surface area contributed by atoms with Gasteiger partial charge in [-0.15, -0.1) is 0 Å². The Hall–Kier alpha value is -3.58. The molecule has 0 saturated carbocycles. The van der Waals surface area contributed by atoms with Gasteiger partial charge in [0, 0.05) is 56.4 Å². The fourth-order valence-corrected chi connectivity index (χ4v) is 3.87. The number of aliphatic imine (C=N–C) groups is 1. The summed E-state index contributed by atoms with van der Waals surface area (Å²) in [6, 6.07) is 10.4. The summed E-state index contributed by atoms with van der Waals surface area (Å²) in [6.07, 6.45) is 17.6. The van der Waals surface area contributed by atoms with Crippen molar-refractivity contribution in [2.24, 2.45) is 15.8 Å². The van der Waals surface area contributed by atoms with Gasteiger partial charge in [-0.25, -0.2) is 0 Å². The summed E-state index contributed by atoms with van der Waals surface area (Å²) >= 11 is 0. The smallest absolute Gasteiger partial charge is 0.150 e. The molecule has 1 aliphatic carbocycles. The quantitative estimate of drug-likeness (QED) is 0.420. The number of nitrogens with zero attached hydrogens (tertiary/aromatic N) is 4. The third kappa shape index (κ3) is 8.61. The number of nitrogens with two attached hydrogens (primary N) is 1. The molecule has 1 saturated heterocycles. The minimum absolute atomic E-state index is 0.420. The molecule has 0 spiro atoms. The van der Waals surface area contributed by atoms with Crippen molar-refractivity contribution < 1.29 is 9.53 Å². The fourth-order valence-electron chi connectivity index (χ4n) is 3.87. The van der Waals surface area contributed by atoms with E-state index in [0.29, 0.717) is 6.04 Å². The van der Waals surface area contributed by atoms with Crippen molar-refractivity contribution >= 4 is 36.6 Å². The molecule has 0 bridgehead atoms. The molecule has 35 heavy (non-hydrogen) atoms. The summed E-state index contributed by atoms with van der Waals surface area (Å²) < 4.78 is 5.13. The van der Waals surface area contributed by atoms with Gasteiger partial charge in [0.05, 0.1) is 18.1 Å². The van der Waals surface area contributed by atoms with Gasteiger partial charge in [0.25, 0.3) is 0 Å². The van der Waals surface area contributed by atoms with Crippen LogP contribution in [0.3, 0.4) is 0 Å². The number of pyridine rings is 1. The van der Waals surface area contributed by atoms with E-state index in [1.54, 1.807) is 5.01 Å². The lowest BCUT2D eigenvalue weighted by atomic mass is 10.1. The van der Waals surface area contributed by atoms with Crippen molar-refractivity contribution in [2.75, 3.05) is 20.3 Å². The number of fused-ring (bicyclic) bond motifs is 1. The molecule has 2 N–H and O–H groups in total. The highest BCUT2D eigenvalue weighted by Gasteiger charge is 2.10. The maximum Gasteiger partial charge on any atom is 0.150 e. The van der Waals surface area contributed by atoms with Crippen molar-refractivity contribution in [2.45, 2.75) is 45.1 Å². The van der Waals surface area contributed by atoms with Crippen LogP contribution in [0.25, 0.3) is 17.7 Å². The second kappa shape index (κ2) is 14.0. The van der Waals surface area contributed by atoms with E-state index in [0.717, 1.165) is 62.9 Å². The fraction of sp³-hybridized carbons (Fsp3) is 0.357. The highest BCUT2D eigenvalue weighted by Crippen LogP contribution is 2.18. The van der Waals surface area contributed by atoms with Crippen LogP contribution in [0.4, 0.5) is 0 Å². The van der Waals surface area contributed by atoms with E-state index in [1.807, 2.05) is 56.8 Å². The van der Waals surface area contributed by atoms with Crippen LogP contribution in [0, 0.1) is 6.92 Å². The van der Waals surface area contributed by atoms with Gasteiger partial charge < -0.3 is 10.5 Å². The number of benzene rings is 1. The van der Waals surface area contributed by atoms with E-state index in [2.05, 4.69) is 33.3 Å². The second-order valence-electron chi connectivity index (χ2n) is 8.58. The van der Waals surface area contributed by atoms with Gasteiger partial charge in [-0.2, -0.15) is 5.10 Å². The van der Waals surface area contributed by atoms with Gasteiger partial charge in [-0.1, -0.05) is 30.4 Å². The van der Waals surface area contributed by atoms with Gasteiger partial charge >= 0.3 is 0 Å². The number of aldehydes is 1. The standard InChI is InChI=1S/C11H13N3.C11H10O.C6H12N2O/c1-9-3-4-11(12-7-9)10-5-6-13-14(2)8-10;12-8-9-5-6-10-3-1-2-4-11(10)7-9;7-5-8-6-1-3-9-4-2-6/h3-4,6-8H,5H2,1-2H3;3-8H,1-2H2;5-6H,1-4H2,(H2,7,8). The number of hydrogen-bond acceptors (Lipinski definition) is 6. The Morgan fingerprint density at radius 2 is 1.89 bits per heavy atom. The summed E-state index contributed by atoms with van der Waals surface area (Å²) in [6.45, 7) is 3.71. The van der Waals surface area contributed by atoms with Crippen LogP contribution in [0.5, 0.6) is 0 Å². The predicted octanol–water partition coefficient (Wildman–Crippen LogP) is 3.06. The van der Waals surface area contributed by atoms with Gasteiger partial charge in [0.2, 0.25) is 0 Å². The molecular formula is C28H35N5O2. The maximum atomic E-state index is 10.5. The molecule has 0 atom stereocenters. The third-order valence-corrected chi connectivity index (χ3v) is 5.79. The van der Waals surface area contributed by atoms with Crippen LogP contribution >= 0.6 is 0 Å². The Balaban J connectivity index is 0.000000150. The van der Waals surface area contributed by atoms with Gasteiger partial charge in [0.15, 0.2) is 0 Å². The lowest BCUT2D eigenvalue weighted by Crippen LogP contribution is -2.26. The summed E-state index contributed by atoms with van der Waals surface area (Å²) in [5, 5.41) is 8.39. The lowest BCUT2D eigenvalue weighted by Gasteiger charge is -2.17.